The van der Waals surface area contributed by atoms with Gasteiger partial charge in [0.05, 0.1) is 16.8 Å². The van der Waals surface area contributed by atoms with Gasteiger partial charge in [-0.05, 0) is 80.3 Å². The van der Waals surface area contributed by atoms with Gasteiger partial charge in [-0.1, -0.05) is 12.1 Å². The molecule has 0 spiro atoms. The molecular weight excluding hydrogens is 420 g/mol. The molecule has 3 aromatic rings. The Morgan fingerprint density at radius 2 is 1.58 bits per heavy atom. The minimum absolute atomic E-state index is 0.120. The van der Waals surface area contributed by atoms with Crippen LogP contribution in [0, 0.1) is 13.8 Å². The molecule has 0 fully saturated rings. The first-order valence-corrected chi connectivity index (χ1v) is 10.6. The van der Waals surface area contributed by atoms with Crippen LogP contribution in [-0.4, -0.2) is 44.1 Å². The molecule has 0 saturated heterocycles. The first kappa shape index (κ1) is 22.1. The third-order valence-corrected chi connectivity index (χ3v) is 5.89. The number of carboxylic acid groups (broad SMARTS) is 2. The average Bonchev–Trinajstić information content (AvgIpc) is 3.15. The SMILES string of the molecule is Cc1ccc(C)n1-c1cc(C(=O)N2C=C(c3cccc(C(=O)O)c3)CCC2)ccc1C(=O)O. The number of carbonyl (C=O) groups is 3. The molecule has 33 heavy (non-hydrogen) atoms. The summed E-state index contributed by atoms with van der Waals surface area (Å²) in [6.45, 7) is 4.30. The molecule has 2 heterocycles. The zero-order chi connectivity index (χ0) is 23.7. The van der Waals surface area contributed by atoms with E-state index in [0.29, 0.717) is 17.8 Å². The predicted molar refractivity (Wildman–Crippen MR) is 124 cm³/mol. The van der Waals surface area contributed by atoms with Crippen molar-refractivity contribution in [2.24, 2.45) is 0 Å². The number of carbonyl (C=O) groups excluding carboxylic acids is 1. The van der Waals surface area contributed by atoms with E-state index < -0.39 is 11.9 Å². The average molecular weight is 444 g/mol. The molecule has 2 N–H and O–H groups in total. The van der Waals surface area contributed by atoms with Gasteiger partial charge in [0.1, 0.15) is 0 Å². The van der Waals surface area contributed by atoms with Crippen molar-refractivity contribution in [3.05, 3.63) is 94.4 Å². The molecule has 1 aromatic heterocycles. The van der Waals surface area contributed by atoms with E-state index in [4.69, 9.17) is 0 Å². The molecule has 0 atom stereocenters. The van der Waals surface area contributed by atoms with Crippen molar-refractivity contribution in [1.82, 2.24) is 9.47 Å². The summed E-state index contributed by atoms with van der Waals surface area (Å²) >= 11 is 0. The predicted octanol–water partition coefficient (Wildman–Crippen LogP) is 4.77. The zero-order valence-electron chi connectivity index (χ0n) is 18.4. The lowest BCUT2D eigenvalue weighted by Crippen LogP contribution is -2.30. The summed E-state index contributed by atoms with van der Waals surface area (Å²) in [7, 11) is 0. The Labute approximate surface area is 191 Å². The van der Waals surface area contributed by atoms with Crippen LogP contribution in [-0.2, 0) is 0 Å². The van der Waals surface area contributed by atoms with Gasteiger partial charge in [-0.2, -0.15) is 0 Å². The molecule has 2 aromatic carbocycles. The molecule has 7 heteroatoms. The highest BCUT2D eigenvalue weighted by atomic mass is 16.4. The van der Waals surface area contributed by atoms with Crippen molar-refractivity contribution in [3.8, 4) is 5.69 Å². The van der Waals surface area contributed by atoms with E-state index in [2.05, 4.69) is 0 Å². The summed E-state index contributed by atoms with van der Waals surface area (Å²) in [6.07, 6.45) is 3.24. The lowest BCUT2D eigenvalue weighted by molar-refractivity contribution is 0.0686. The molecule has 0 radical (unpaired) electrons. The number of aromatic carboxylic acids is 2. The van der Waals surface area contributed by atoms with E-state index >= 15 is 0 Å². The van der Waals surface area contributed by atoms with Gasteiger partial charge in [0.2, 0.25) is 0 Å². The van der Waals surface area contributed by atoms with Crippen LogP contribution >= 0.6 is 0 Å². The molecule has 1 aliphatic rings. The van der Waals surface area contributed by atoms with Crippen molar-refractivity contribution in [2.45, 2.75) is 26.7 Å². The van der Waals surface area contributed by atoms with Crippen LogP contribution < -0.4 is 0 Å². The summed E-state index contributed by atoms with van der Waals surface area (Å²) in [5.41, 5.74) is 4.56. The molecule has 0 aliphatic carbocycles. The van der Waals surface area contributed by atoms with Gasteiger partial charge in [-0.15, -0.1) is 0 Å². The number of rotatable bonds is 5. The van der Waals surface area contributed by atoms with Crippen LogP contribution in [0.15, 0.2) is 60.8 Å². The lowest BCUT2D eigenvalue weighted by atomic mass is 9.97. The van der Waals surface area contributed by atoms with Crippen molar-refractivity contribution in [3.63, 3.8) is 0 Å². The molecule has 0 bridgehead atoms. The second kappa shape index (κ2) is 8.78. The Morgan fingerprint density at radius 1 is 0.848 bits per heavy atom. The zero-order valence-corrected chi connectivity index (χ0v) is 18.4. The van der Waals surface area contributed by atoms with Crippen molar-refractivity contribution in [2.75, 3.05) is 6.54 Å². The minimum atomic E-state index is -1.06. The first-order chi connectivity index (χ1) is 15.8. The second-order valence-corrected chi connectivity index (χ2v) is 8.13. The fraction of sp³-hybridized carbons (Fsp3) is 0.192. The summed E-state index contributed by atoms with van der Waals surface area (Å²) in [5.74, 6) is -2.29. The highest BCUT2D eigenvalue weighted by Gasteiger charge is 2.22. The lowest BCUT2D eigenvalue weighted by Gasteiger charge is -2.26. The summed E-state index contributed by atoms with van der Waals surface area (Å²) < 4.78 is 1.83. The molecule has 7 nitrogen and oxygen atoms in total. The standard InChI is InChI=1S/C26H24N2O5/c1-16-8-9-17(2)28(16)23-14-19(10-11-22(23)26(32)33)24(29)27-12-4-7-21(15-27)18-5-3-6-20(13-18)25(30)31/h3,5-6,8-11,13-15H,4,7,12H2,1-2H3,(H,30,31)(H,32,33). The topological polar surface area (TPSA) is 99.8 Å². The Morgan fingerprint density at radius 3 is 2.24 bits per heavy atom. The Bertz CT molecular complexity index is 1280. The monoisotopic (exact) mass is 444 g/mol. The molecule has 0 saturated carbocycles. The molecule has 4 rings (SSSR count). The number of nitrogens with zero attached hydrogens (tertiary/aromatic N) is 2. The van der Waals surface area contributed by atoms with E-state index in [1.807, 2.05) is 36.6 Å². The Balaban J connectivity index is 1.71. The Kier molecular flexibility index (Phi) is 5.87. The maximum absolute atomic E-state index is 13.4. The van der Waals surface area contributed by atoms with E-state index in [-0.39, 0.29) is 17.0 Å². The van der Waals surface area contributed by atoms with E-state index in [9.17, 15) is 24.6 Å². The molecule has 1 amide bonds. The fourth-order valence-electron chi connectivity index (χ4n) is 4.23. The quantitative estimate of drug-likeness (QED) is 0.591. The first-order valence-electron chi connectivity index (χ1n) is 10.6. The van der Waals surface area contributed by atoms with E-state index in [1.54, 1.807) is 29.3 Å². The number of amides is 1. The number of carboxylic acids is 2. The van der Waals surface area contributed by atoms with Crippen molar-refractivity contribution >= 4 is 23.4 Å². The van der Waals surface area contributed by atoms with Gasteiger partial charge >= 0.3 is 11.9 Å². The number of aryl methyl sites for hydroxylation is 2. The second-order valence-electron chi connectivity index (χ2n) is 8.13. The summed E-state index contributed by atoms with van der Waals surface area (Å²) in [5, 5.41) is 19.0. The normalized spacial score (nSPS) is 13.5. The largest absolute Gasteiger partial charge is 0.478 e. The Hall–Kier alpha value is -4.13. The van der Waals surface area contributed by atoms with Crippen LogP contribution in [0.2, 0.25) is 0 Å². The van der Waals surface area contributed by atoms with Crippen LogP contribution in [0.25, 0.3) is 11.3 Å². The van der Waals surface area contributed by atoms with E-state index in [0.717, 1.165) is 35.4 Å². The highest BCUT2D eigenvalue weighted by molar-refractivity contribution is 5.99. The number of allylic oxidation sites excluding steroid dienone is 1. The third kappa shape index (κ3) is 4.30. The highest BCUT2D eigenvalue weighted by Crippen LogP contribution is 2.28. The minimum Gasteiger partial charge on any atom is -0.478 e. The van der Waals surface area contributed by atoms with Crippen LogP contribution in [0.5, 0.6) is 0 Å². The van der Waals surface area contributed by atoms with Gasteiger partial charge in [-0.3, -0.25) is 4.79 Å². The smallest absolute Gasteiger partial charge is 0.337 e. The maximum atomic E-state index is 13.4. The fourth-order valence-corrected chi connectivity index (χ4v) is 4.23. The van der Waals surface area contributed by atoms with Gasteiger partial charge in [-0.25, -0.2) is 9.59 Å². The maximum Gasteiger partial charge on any atom is 0.337 e. The molecule has 168 valence electrons. The number of hydrogen-bond acceptors (Lipinski definition) is 3. The molecule has 1 aliphatic heterocycles. The molecule has 0 unspecified atom stereocenters. The van der Waals surface area contributed by atoms with Gasteiger partial charge in [0, 0.05) is 29.7 Å². The van der Waals surface area contributed by atoms with Gasteiger partial charge < -0.3 is 19.7 Å². The van der Waals surface area contributed by atoms with Crippen LogP contribution in [0.3, 0.4) is 0 Å². The van der Waals surface area contributed by atoms with E-state index in [1.165, 1.54) is 18.2 Å². The summed E-state index contributed by atoms with van der Waals surface area (Å²) in [4.78, 5) is 38.1. The van der Waals surface area contributed by atoms with Gasteiger partial charge in [0.25, 0.3) is 5.91 Å². The van der Waals surface area contributed by atoms with Crippen LogP contribution in [0.1, 0.15) is 60.9 Å². The molecular formula is C26H24N2O5. The number of hydrogen-bond donors (Lipinski definition) is 2. The number of aromatic nitrogens is 1. The number of benzene rings is 2. The summed E-state index contributed by atoms with van der Waals surface area (Å²) in [6, 6.07) is 15.1. The van der Waals surface area contributed by atoms with Gasteiger partial charge in [0.15, 0.2) is 0 Å². The third-order valence-electron chi connectivity index (χ3n) is 5.89. The van der Waals surface area contributed by atoms with Crippen LogP contribution in [0.4, 0.5) is 0 Å². The van der Waals surface area contributed by atoms with Crippen molar-refractivity contribution in [1.29, 1.82) is 0 Å². The van der Waals surface area contributed by atoms with Crippen molar-refractivity contribution < 1.29 is 24.6 Å².